The van der Waals surface area contributed by atoms with Gasteiger partial charge >= 0.3 is 0 Å². The molecule has 1 aromatic heterocycles. The van der Waals surface area contributed by atoms with Crippen molar-refractivity contribution in [2.75, 3.05) is 7.05 Å². The lowest BCUT2D eigenvalue weighted by atomic mass is 9.85. The topological polar surface area (TPSA) is 39.1 Å². The summed E-state index contributed by atoms with van der Waals surface area (Å²) >= 11 is 0. The molecule has 0 aliphatic heterocycles. The van der Waals surface area contributed by atoms with Crippen LogP contribution < -0.4 is 15.4 Å². The van der Waals surface area contributed by atoms with Crippen LogP contribution in [0.1, 0.15) is 61.9 Å². The van der Waals surface area contributed by atoms with Gasteiger partial charge in [-0.05, 0) is 50.5 Å². The first-order valence-electron chi connectivity index (χ1n) is 9.79. The molecule has 1 saturated carbocycles. The Labute approximate surface area is 159 Å². The van der Waals surface area contributed by atoms with Crippen LogP contribution in [0, 0.1) is 12.8 Å². The molecule has 1 heterocycles. The average Bonchev–Trinajstić information content (AvgIpc) is 3.04. The lowest BCUT2D eigenvalue weighted by molar-refractivity contribution is 0.209. The van der Waals surface area contributed by atoms with E-state index in [0.717, 1.165) is 18.1 Å². The van der Waals surface area contributed by atoms with Gasteiger partial charge in [-0.1, -0.05) is 43.0 Å². The van der Waals surface area contributed by atoms with E-state index in [1.807, 2.05) is 7.05 Å². The van der Waals surface area contributed by atoms with Gasteiger partial charge in [0.15, 0.2) is 0 Å². The number of hydrogen-bond donors (Lipinski definition) is 1. The van der Waals surface area contributed by atoms with Crippen LogP contribution in [0.4, 0.5) is 0 Å². The monoisotopic (exact) mass is 373 g/mol. The maximum Gasteiger partial charge on any atom is 0.212 e. The van der Waals surface area contributed by atoms with Crippen LogP contribution in [0.2, 0.25) is 0 Å². The standard InChI is InChI=1S/C21H32N3OP/c1-15-9-10-18(20(26)11-15)14-25-21-12-19(13-22-3)23-24(21)16(2)17-7-5-4-6-8-17/h9-12,16-17,22H,4-8,13-14,26H2,1-3H3. The summed E-state index contributed by atoms with van der Waals surface area (Å²) in [6.07, 6.45) is 6.66. The van der Waals surface area contributed by atoms with Gasteiger partial charge in [0.1, 0.15) is 6.61 Å². The molecule has 1 N–H and O–H groups in total. The lowest BCUT2D eigenvalue weighted by Crippen LogP contribution is -2.21. The second-order valence-electron chi connectivity index (χ2n) is 7.58. The van der Waals surface area contributed by atoms with Crippen molar-refractivity contribution in [3.05, 3.63) is 41.1 Å². The van der Waals surface area contributed by atoms with Crippen molar-refractivity contribution < 1.29 is 4.74 Å². The molecule has 5 heteroatoms. The van der Waals surface area contributed by atoms with E-state index < -0.39 is 0 Å². The van der Waals surface area contributed by atoms with Gasteiger partial charge in [-0.2, -0.15) is 5.10 Å². The molecule has 0 saturated heterocycles. The van der Waals surface area contributed by atoms with Gasteiger partial charge in [0, 0.05) is 12.6 Å². The normalized spacial score (nSPS) is 16.6. The fourth-order valence-corrected chi connectivity index (χ4v) is 4.35. The zero-order chi connectivity index (χ0) is 18.5. The lowest BCUT2D eigenvalue weighted by Gasteiger charge is -2.28. The van der Waals surface area contributed by atoms with Crippen molar-refractivity contribution in [1.29, 1.82) is 0 Å². The summed E-state index contributed by atoms with van der Waals surface area (Å²) in [5.41, 5.74) is 3.51. The highest BCUT2D eigenvalue weighted by Gasteiger charge is 2.25. The summed E-state index contributed by atoms with van der Waals surface area (Å²) in [6.45, 7) is 5.75. The van der Waals surface area contributed by atoms with Crippen molar-refractivity contribution in [2.24, 2.45) is 5.92 Å². The van der Waals surface area contributed by atoms with Gasteiger partial charge in [-0.3, -0.25) is 0 Å². The van der Waals surface area contributed by atoms with Gasteiger partial charge < -0.3 is 10.1 Å². The number of aryl methyl sites for hydroxylation is 1. The van der Waals surface area contributed by atoms with E-state index in [1.54, 1.807) is 0 Å². The molecule has 0 bridgehead atoms. The first-order chi connectivity index (χ1) is 12.6. The van der Waals surface area contributed by atoms with E-state index >= 15 is 0 Å². The quantitative estimate of drug-likeness (QED) is 0.742. The Bertz CT molecular complexity index is 722. The molecule has 26 heavy (non-hydrogen) atoms. The maximum absolute atomic E-state index is 6.24. The molecule has 0 amide bonds. The van der Waals surface area contributed by atoms with Crippen molar-refractivity contribution >= 4 is 14.5 Å². The zero-order valence-corrected chi connectivity index (χ0v) is 17.4. The second kappa shape index (κ2) is 9.01. The Balaban J connectivity index is 1.78. The number of benzene rings is 1. The fraction of sp³-hybridized carbons (Fsp3) is 0.571. The third-order valence-electron chi connectivity index (χ3n) is 5.50. The Morgan fingerprint density at radius 1 is 1.27 bits per heavy atom. The molecule has 0 spiro atoms. The van der Waals surface area contributed by atoms with Gasteiger partial charge in [-0.25, -0.2) is 4.68 Å². The summed E-state index contributed by atoms with van der Waals surface area (Å²) in [5.74, 6) is 1.59. The van der Waals surface area contributed by atoms with Crippen LogP contribution in [0.25, 0.3) is 0 Å². The van der Waals surface area contributed by atoms with Gasteiger partial charge in [0.05, 0.1) is 11.7 Å². The van der Waals surface area contributed by atoms with Gasteiger partial charge in [0.25, 0.3) is 0 Å². The Morgan fingerprint density at radius 2 is 2.04 bits per heavy atom. The van der Waals surface area contributed by atoms with Crippen molar-refractivity contribution in [3.8, 4) is 5.88 Å². The number of nitrogens with zero attached hydrogens (tertiary/aromatic N) is 2. The molecule has 1 fully saturated rings. The number of aromatic nitrogens is 2. The minimum Gasteiger partial charge on any atom is -0.473 e. The minimum atomic E-state index is 0.379. The summed E-state index contributed by atoms with van der Waals surface area (Å²) < 4.78 is 8.37. The smallest absolute Gasteiger partial charge is 0.212 e. The highest BCUT2D eigenvalue weighted by atomic mass is 31.0. The summed E-state index contributed by atoms with van der Waals surface area (Å²) in [6, 6.07) is 8.94. The molecule has 4 nitrogen and oxygen atoms in total. The molecule has 1 aliphatic carbocycles. The van der Waals surface area contributed by atoms with E-state index in [2.05, 4.69) is 57.4 Å². The van der Waals surface area contributed by atoms with E-state index in [1.165, 1.54) is 48.5 Å². The Hall–Kier alpha value is -1.38. The van der Waals surface area contributed by atoms with Crippen LogP contribution in [0.5, 0.6) is 5.88 Å². The first kappa shape index (κ1) is 19.4. The van der Waals surface area contributed by atoms with E-state index in [-0.39, 0.29) is 0 Å². The molecule has 1 aliphatic rings. The molecule has 2 aromatic rings. The molecule has 2 atom stereocenters. The molecular weight excluding hydrogens is 341 g/mol. The van der Waals surface area contributed by atoms with Crippen LogP contribution >= 0.6 is 9.24 Å². The molecule has 0 radical (unpaired) electrons. The predicted molar refractivity (Wildman–Crippen MR) is 111 cm³/mol. The summed E-state index contributed by atoms with van der Waals surface area (Å²) in [5, 5.41) is 9.25. The van der Waals surface area contributed by atoms with Crippen LogP contribution in [-0.2, 0) is 13.2 Å². The third kappa shape index (κ3) is 4.66. The highest BCUT2D eigenvalue weighted by molar-refractivity contribution is 7.27. The first-order valence-corrected chi connectivity index (χ1v) is 10.4. The average molecular weight is 373 g/mol. The van der Waals surface area contributed by atoms with Crippen molar-refractivity contribution in [1.82, 2.24) is 15.1 Å². The molecule has 3 rings (SSSR count). The molecule has 2 unspecified atom stereocenters. The number of rotatable bonds is 7. The van der Waals surface area contributed by atoms with Crippen LogP contribution in [0.15, 0.2) is 24.3 Å². The van der Waals surface area contributed by atoms with E-state index in [0.29, 0.717) is 18.6 Å². The van der Waals surface area contributed by atoms with Gasteiger partial charge in [0.2, 0.25) is 5.88 Å². The van der Waals surface area contributed by atoms with Crippen molar-refractivity contribution in [2.45, 2.75) is 65.1 Å². The third-order valence-corrected chi connectivity index (χ3v) is 6.04. The van der Waals surface area contributed by atoms with Crippen LogP contribution in [-0.4, -0.2) is 16.8 Å². The van der Waals surface area contributed by atoms with E-state index in [4.69, 9.17) is 9.84 Å². The summed E-state index contributed by atoms with van der Waals surface area (Å²) in [4.78, 5) is 0. The number of ether oxygens (including phenoxy) is 1. The Kier molecular flexibility index (Phi) is 6.72. The maximum atomic E-state index is 6.24. The fourth-order valence-electron chi connectivity index (χ4n) is 3.91. The number of hydrogen-bond acceptors (Lipinski definition) is 3. The largest absolute Gasteiger partial charge is 0.473 e. The molecule has 142 valence electrons. The second-order valence-corrected chi connectivity index (χ2v) is 8.20. The molecular formula is C21H32N3OP. The van der Waals surface area contributed by atoms with Crippen LogP contribution in [0.3, 0.4) is 0 Å². The van der Waals surface area contributed by atoms with E-state index in [9.17, 15) is 0 Å². The van der Waals surface area contributed by atoms with Gasteiger partial charge in [-0.15, -0.1) is 9.24 Å². The highest BCUT2D eigenvalue weighted by Crippen LogP contribution is 2.34. The zero-order valence-electron chi connectivity index (χ0n) is 16.3. The molecule has 1 aromatic carbocycles. The number of nitrogens with one attached hydrogen (secondary N) is 1. The predicted octanol–water partition coefficient (Wildman–Crippen LogP) is 4.13. The Morgan fingerprint density at radius 3 is 2.73 bits per heavy atom. The van der Waals surface area contributed by atoms with Crippen molar-refractivity contribution in [3.63, 3.8) is 0 Å². The summed E-state index contributed by atoms with van der Waals surface area (Å²) in [7, 11) is 4.77. The minimum absolute atomic E-state index is 0.379. The SMILES string of the molecule is CNCc1cc(OCc2ccc(C)cc2P)n(C(C)C2CCCCC2)n1.